The van der Waals surface area contributed by atoms with Gasteiger partial charge in [-0.1, -0.05) is 24.3 Å². The van der Waals surface area contributed by atoms with E-state index in [-0.39, 0.29) is 11.8 Å². The first-order chi connectivity index (χ1) is 12.6. The minimum Gasteiger partial charge on any atom is -0.467 e. The van der Waals surface area contributed by atoms with Crippen LogP contribution in [0.2, 0.25) is 0 Å². The second-order valence-electron chi connectivity index (χ2n) is 5.91. The topological polar surface area (TPSA) is 62.6 Å². The van der Waals surface area contributed by atoms with Gasteiger partial charge in [-0.25, -0.2) is 0 Å². The number of thiophene rings is 1. The van der Waals surface area contributed by atoms with Crippen LogP contribution >= 0.6 is 11.3 Å². The highest BCUT2D eigenvalue weighted by Gasteiger charge is 2.24. The molecule has 0 spiro atoms. The summed E-state index contributed by atoms with van der Waals surface area (Å²) in [4.78, 5) is 28.0. The molecule has 2 aromatic heterocycles. The molecule has 2 amide bonds. The Morgan fingerprint density at radius 3 is 2.54 bits per heavy atom. The largest absolute Gasteiger partial charge is 0.467 e. The SMILES string of the molecule is CC(NC(=O)c1ccccc1)C(=O)N(Cc1ccco1)Cc1cccs1. The lowest BCUT2D eigenvalue weighted by Gasteiger charge is -2.25. The van der Waals surface area contributed by atoms with Crippen LogP contribution in [0.1, 0.15) is 27.9 Å². The quantitative estimate of drug-likeness (QED) is 0.692. The van der Waals surface area contributed by atoms with Crippen LogP contribution in [0.4, 0.5) is 0 Å². The van der Waals surface area contributed by atoms with Crippen LogP contribution in [0.3, 0.4) is 0 Å². The van der Waals surface area contributed by atoms with Crippen molar-refractivity contribution in [1.82, 2.24) is 10.2 Å². The Kier molecular flexibility index (Phi) is 5.86. The minimum atomic E-state index is -0.641. The molecular formula is C20H20N2O3S. The molecule has 134 valence electrons. The average molecular weight is 368 g/mol. The minimum absolute atomic E-state index is 0.154. The molecule has 0 saturated heterocycles. The molecule has 0 aliphatic rings. The average Bonchev–Trinajstić information content (AvgIpc) is 3.35. The van der Waals surface area contributed by atoms with Crippen molar-refractivity contribution >= 4 is 23.2 Å². The molecule has 2 heterocycles. The molecule has 0 aliphatic heterocycles. The summed E-state index contributed by atoms with van der Waals surface area (Å²) < 4.78 is 5.39. The van der Waals surface area contributed by atoms with Gasteiger partial charge in [0.05, 0.1) is 19.4 Å². The number of nitrogens with one attached hydrogen (secondary N) is 1. The predicted octanol–water partition coefficient (Wildman–Crippen LogP) is 3.69. The summed E-state index contributed by atoms with van der Waals surface area (Å²) in [6.07, 6.45) is 1.59. The summed E-state index contributed by atoms with van der Waals surface area (Å²) in [5.74, 6) is 0.288. The third kappa shape index (κ3) is 4.61. The molecule has 5 nitrogen and oxygen atoms in total. The summed E-state index contributed by atoms with van der Waals surface area (Å²) in [5, 5.41) is 4.76. The number of carbonyl (C=O) groups excluding carboxylic acids is 2. The maximum atomic E-state index is 12.9. The summed E-state index contributed by atoms with van der Waals surface area (Å²) in [6.45, 7) is 2.53. The van der Waals surface area contributed by atoms with Gasteiger partial charge >= 0.3 is 0 Å². The molecular weight excluding hydrogens is 348 g/mol. The summed E-state index contributed by atoms with van der Waals surface area (Å²) in [6, 6.07) is 15.8. The third-order valence-corrected chi connectivity index (χ3v) is 4.78. The maximum absolute atomic E-state index is 12.9. The molecule has 6 heteroatoms. The van der Waals surface area contributed by atoms with E-state index in [1.54, 1.807) is 59.8 Å². The van der Waals surface area contributed by atoms with Crippen LogP contribution in [0.15, 0.2) is 70.7 Å². The van der Waals surface area contributed by atoms with E-state index in [1.807, 2.05) is 29.6 Å². The molecule has 1 aromatic carbocycles. The van der Waals surface area contributed by atoms with Gasteiger partial charge in [-0.15, -0.1) is 11.3 Å². The van der Waals surface area contributed by atoms with E-state index in [2.05, 4.69) is 5.32 Å². The fourth-order valence-electron chi connectivity index (χ4n) is 2.60. The fraction of sp³-hybridized carbons (Fsp3) is 0.200. The van der Waals surface area contributed by atoms with Gasteiger partial charge in [0.25, 0.3) is 5.91 Å². The summed E-state index contributed by atoms with van der Waals surface area (Å²) >= 11 is 1.59. The number of amides is 2. The molecule has 0 bridgehead atoms. The normalized spacial score (nSPS) is 11.7. The zero-order valence-electron chi connectivity index (χ0n) is 14.4. The Morgan fingerprint density at radius 2 is 1.88 bits per heavy atom. The van der Waals surface area contributed by atoms with E-state index in [0.29, 0.717) is 24.4 Å². The zero-order valence-corrected chi connectivity index (χ0v) is 15.2. The first kappa shape index (κ1) is 17.9. The Morgan fingerprint density at radius 1 is 1.08 bits per heavy atom. The van der Waals surface area contributed by atoms with E-state index in [4.69, 9.17) is 4.42 Å². The van der Waals surface area contributed by atoms with Crippen LogP contribution in [0.5, 0.6) is 0 Å². The van der Waals surface area contributed by atoms with E-state index in [1.165, 1.54) is 0 Å². The number of benzene rings is 1. The van der Waals surface area contributed by atoms with Gasteiger partial charge in [0.1, 0.15) is 11.8 Å². The molecule has 0 fully saturated rings. The van der Waals surface area contributed by atoms with Crippen molar-refractivity contribution in [2.75, 3.05) is 0 Å². The van der Waals surface area contributed by atoms with Gasteiger partial charge in [0.2, 0.25) is 5.91 Å². The molecule has 3 rings (SSSR count). The lowest BCUT2D eigenvalue weighted by molar-refractivity contribution is -0.134. The van der Waals surface area contributed by atoms with Gasteiger partial charge in [-0.05, 0) is 42.6 Å². The highest BCUT2D eigenvalue weighted by atomic mass is 32.1. The zero-order chi connectivity index (χ0) is 18.4. The van der Waals surface area contributed by atoms with Gasteiger partial charge in [-0.2, -0.15) is 0 Å². The Labute approximate surface area is 156 Å². The summed E-state index contributed by atoms with van der Waals surface area (Å²) in [5.41, 5.74) is 0.531. The van der Waals surface area contributed by atoms with Gasteiger partial charge in [-0.3, -0.25) is 9.59 Å². The van der Waals surface area contributed by atoms with E-state index in [9.17, 15) is 9.59 Å². The highest BCUT2D eigenvalue weighted by molar-refractivity contribution is 7.09. The van der Waals surface area contributed by atoms with Gasteiger partial charge < -0.3 is 14.6 Å². The number of nitrogens with zero attached hydrogens (tertiary/aromatic N) is 1. The fourth-order valence-corrected chi connectivity index (χ4v) is 3.32. The van der Waals surface area contributed by atoms with Crippen molar-refractivity contribution in [3.05, 3.63) is 82.4 Å². The number of rotatable bonds is 7. The van der Waals surface area contributed by atoms with Gasteiger partial charge in [0, 0.05) is 10.4 Å². The van der Waals surface area contributed by atoms with Crippen LogP contribution in [0, 0.1) is 0 Å². The molecule has 1 atom stereocenters. The van der Waals surface area contributed by atoms with Crippen LogP contribution in [-0.2, 0) is 17.9 Å². The maximum Gasteiger partial charge on any atom is 0.251 e. The van der Waals surface area contributed by atoms with E-state index < -0.39 is 6.04 Å². The van der Waals surface area contributed by atoms with E-state index in [0.717, 1.165) is 4.88 Å². The Hall–Kier alpha value is -2.86. The number of hydrogen-bond donors (Lipinski definition) is 1. The van der Waals surface area contributed by atoms with Crippen molar-refractivity contribution in [2.24, 2.45) is 0 Å². The van der Waals surface area contributed by atoms with Crippen molar-refractivity contribution in [3.8, 4) is 0 Å². The molecule has 1 unspecified atom stereocenters. The Bertz CT molecular complexity index is 793. The molecule has 3 aromatic rings. The standard InChI is InChI=1S/C20H20N2O3S/c1-15(21-19(23)16-7-3-2-4-8-16)20(24)22(13-17-9-5-11-25-17)14-18-10-6-12-26-18/h2-12,15H,13-14H2,1H3,(H,21,23). The number of hydrogen-bond acceptors (Lipinski definition) is 4. The monoisotopic (exact) mass is 368 g/mol. The first-order valence-corrected chi connectivity index (χ1v) is 9.21. The van der Waals surface area contributed by atoms with Gasteiger partial charge in [0.15, 0.2) is 0 Å². The lowest BCUT2D eigenvalue weighted by Crippen LogP contribution is -2.46. The molecule has 0 radical (unpaired) electrons. The van der Waals surface area contributed by atoms with E-state index >= 15 is 0 Å². The molecule has 0 aliphatic carbocycles. The smallest absolute Gasteiger partial charge is 0.251 e. The Balaban J connectivity index is 1.70. The lowest BCUT2D eigenvalue weighted by atomic mass is 10.2. The van der Waals surface area contributed by atoms with Crippen molar-refractivity contribution in [1.29, 1.82) is 0 Å². The first-order valence-electron chi connectivity index (χ1n) is 8.33. The van der Waals surface area contributed by atoms with Crippen LogP contribution < -0.4 is 5.32 Å². The predicted molar refractivity (Wildman–Crippen MR) is 101 cm³/mol. The second kappa shape index (κ2) is 8.49. The number of carbonyl (C=O) groups is 2. The highest BCUT2D eigenvalue weighted by Crippen LogP contribution is 2.16. The third-order valence-electron chi connectivity index (χ3n) is 3.92. The number of furan rings is 1. The van der Waals surface area contributed by atoms with Crippen molar-refractivity contribution < 1.29 is 14.0 Å². The molecule has 26 heavy (non-hydrogen) atoms. The second-order valence-corrected chi connectivity index (χ2v) is 6.95. The molecule has 0 saturated carbocycles. The van der Waals surface area contributed by atoms with Crippen LogP contribution in [0.25, 0.3) is 0 Å². The summed E-state index contributed by atoms with van der Waals surface area (Å²) in [7, 11) is 0. The van der Waals surface area contributed by atoms with Crippen LogP contribution in [-0.4, -0.2) is 22.8 Å². The van der Waals surface area contributed by atoms with Crippen molar-refractivity contribution in [2.45, 2.75) is 26.1 Å². The van der Waals surface area contributed by atoms with Crippen molar-refractivity contribution in [3.63, 3.8) is 0 Å². The molecule has 1 N–H and O–H groups in total.